The first-order valence-corrected chi connectivity index (χ1v) is 8.80. The van der Waals surface area contributed by atoms with Crippen LogP contribution in [0.5, 0.6) is 0 Å². The monoisotopic (exact) mass is 327 g/mol. The molecule has 0 bridgehead atoms. The Morgan fingerprint density at radius 3 is 2.33 bits per heavy atom. The zero-order valence-electron chi connectivity index (χ0n) is 15.6. The Labute approximate surface area is 147 Å². The Morgan fingerprint density at radius 1 is 1.00 bits per heavy atom. The molecule has 0 amide bonds. The van der Waals surface area contributed by atoms with Crippen molar-refractivity contribution >= 4 is 18.0 Å². The third-order valence-corrected chi connectivity index (χ3v) is 3.66. The largest absolute Gasteiger partial charge is 0.374 e. The molecule has 0 aliphatic heterocycles. The summed E-state index contributed by atoms with van der Waals surface area (Å²) < 4.78 is 0. The van der Waals surface area contributed by atoms with Crippen molar-refractivity contribution < 1.29 is 9.89 Å². The van der Waals surface area contributed by atoms with E-state index in [1.165, 1.54) is 29.1 Å². The highest BCUT2D eigenvalue weighted by atomic mass is 15.1. The van der Waals surface area contributed by atoms with E-state index < -0.39 is 0 Å². The summed E-state index contributed by atoms with van der Waals surface area (Å²) in [6, 6.07) is 8.72. The number of nitrogens with one attached hydrogen (secondary N) is 2. The van der Waals surface area contributed by atoms with E-state index in [2.05, 4.69) is 74.4 Å². The molecule has 0 saturated heterocycles. The third kappa shape index (κ3) is 9.11. The van der Waals surface area contributed by atoms with E-state index in [-0.39, 0.29) is 0 Å². The summed E-state index contributed by atoms with van der Waals surface area (Å²) >= 11 is 0. The fourth-order valence-electron chi connectivity index (χ4n) is 2.24. The molecule has 1 rings (SSSR count). The van der Waals surface area contributed by atoms with Crippen molar-refractivity contribution in [2.75, 3.05) is 45.7 Å². The van der Waals surface area contributed by atoms with Gasteiger partial charge >= 0.3 is 0 Å². The first-order valence-electron chi connectivity index (χ1n) is 8.80. The lowest BCUT2D eigenvalue weighted by molar-refractivity contribution is -0.858. The predicted octanol–water partition coefficient (Wildman–Crippen LogP) is 0.954. The van der Waals surface area contributed by atoms with Crippen LogP contribution in [-0.2, 0) is 0 Å². The van der Waals surface area contributed by atoms with E-state index in [9.17, 15) is 0 Å². The Kier molecular flexibility index (Phi) is 10.2. The van der Waals surface area contributed by atoms with Crippen LogP contribution in [0.4, 0.5) is 5.69 Å². The van der Waals surface area contributed by atoms with Crippen LogP contribution in [0, 0.1) is 0 Å². The fraction of sp³-hybridized carbons (Fsp3) is 0.381. The van der Waals surface area contributed by atoms with E-state index in [4.69, 9.17) is 0 Å². The molecule has 24 heavy (non-hydrogen) atoms. The maximum atomic E-state index is 3.13. The standard InChI is InChI=1S/C21H31N3/c1-5-22-17-10-8-6-7-9-12-20-13-15-21(16-14-20)24(4)19-11-18-23(2)3/h6-10,12-17H,5,11,18-19H2,1-4H3/p+2. The molecule has 0 unspecified atom stereocenters. The minimum Gasteiger partial charge on any atom is -0.374 e. The first kappa shape index (κ1) is 19.9. The van der Waals surface area contributed by atoms with Crippen LogP contribution in [-0.4, -0.2) is 47.0 Å². The number of nitrogens with zero attached hydrogens (tertiary/aromatic N) is 1. The van der Waals surface area contributed by atoms with Crippen LogP contribution in [0.25, 0.3) is 6.08 Å². The van der Waals surface area contributed by atoms with Gasteiger partial charge in [0, 0.05) is 31.8 Å². The van der Waals surface area contributed by atoms with Crippen molar-refractivity contribution in [3.63, 3.8) is 0 Å². The highest BCUT2D eigenvalue weighted by Gasteiger charge is 2.01. The summed E-state index contributed by atoms with van der Waals surface area (Å²) in [5.41, 5.74) is 2.50. The van der Waals surface area contributed by atoms with Crippen molar-refractivity contribution in [3.05, 3.63) is 60.2 Å². The fourth-order valence-corrected chi connectivity index (χ4v) is 2.24. The second-order valence-corrected chi connectivity index (χ2v) is 6.18. The maximum Gasteiger partial charge on any atom is 0.161 e. The minimum atomic E-state index is 0.954. The smallest absolute Gasteiger partial charge is 0.161 e. The van der Waals surface area contributed by atoms with Crippen molar-refractivity contribution in [2.24, 2.45) is 0 Å². The first-order chi connectivity index (χ1) is 11.6. The van der Waals surface area contributed by atoms with Crippen LogP contribution in [0.15, 0.2) is 54.6 Å². The van der Waals surface area contributed by atoms with Gasteiger partial charge in [0.1, 0.15) is 6.54 Å². The van der Waals surface area contributed by atoms with Crippen LogP contribution in [0.3, 0.4) is 0 Å². The Bertz CT molecular complexity index is 551. The van der Waals surface area contributed by atoms with Gasteiger partial charge in [0.25, 0.3) is 0 Å². The lowest BCUT2D eigenvalue weighted by Crippen LogP contribution is -3.05. The van der Waals surface area contributed by atoms with Gasteiger partial charge in [0.15, 0.2) is 6.21 Å². The molecule has 0 heterocycles. The zero-order chi connectivity index (χ0) is 17.6. The molecule has 3 nitrogen and oxygen atoms in total. The number of hydrogen-bond acceptors (Lipinski definition) is 1. The second kappa shape index (κ2) is 12.3. The van der Waals surface area contributed by atoms with Crippen molar-refractivity contribution in [1.29, 1.82) is 0 Å². The van der Waals surface area contributed by atoms with Gasteiger partial charge in [0.2, 0.25) is 0 Å². The third-order valence-electron chi connectivity index (χ3n) is 3.66. The second-order valence-electron chi connectivity index (χ2n) is 6.18. The van der Waals surface area contributed by atoms with Gasteiger partial charge in [-0.05, 0) is 24.6 Å². The topological polar surface area (TPSA) is 21.7 Å². The zero-order valence-corrected chi connectivity index (χ0v) is 15.6. The lowest BCUT2D eigenvalue weighted by Gasteiger charge is -2.19. The summed E-state index contributed by atoms with van der Waals surface area (Å²) in [4.78, 5) is 6.96. The highest BCUT2D eigenvalue weighted by molar-refractivity contribution is 5.65. The van der Waals surface area contributed by atoms with E-state index in [1.54, 1.807) is 0 Å². The minimum absolute atomic E-state index is 0.954. The van der Waals surface area contributed by atoms with Gasteiger partial charge < -0.3 is 9.80 Å². The SMILES string of the molecule is CC[NH+]=CC=CC=CC=Cc1ccc(N(C)CCC[NH+](C)C)cc1. The molecule has 0 spiro atoms. The number of hydrogen-bond donors (Lipinski definition) is 2. The van der Waals surface area contributed by atoms with Crippen molar-refractivity contribution in [2.45, 2.75) is 13.3 Å². The van der Waals surface area contributed by atoms with Crippen LogP contribution in [0.2, 0.25) is 0 Å². The molecule has 1 aromatic rings. The molecule has 3 heteroatoms. The van der Waals surface area contributed by atoms with Crippen LogP contribution >= 0.6 is 0 Å². The molecule has 2 N–H and O–H groups in total. The van der Waals surface area contributed by atoms with Gasteiger partial charge in [-0.1, -0.05) is 42.5 Å². The normalized spacial score (nSPS) is 12.5. The number of benzene rings is 1. The number of anilines is 1. The van der Waals surface area contributed by atoms with E-state index >= 15 is 0 Å². The highest BCUT2D eigenvalue weighted by Crippen LogP contribution is 2.14. The summed E-state index contributed by atoms with van der Waals surface area (Å²) in [7, 11) is 6.56. The number of allylic oxidation sites excluding steroid dienone is 5. The van der Waals surface area contributed by atoms with Gasteiger partial charge in [-0.25, -0.2) is 4.99 Å². The van der Waals surface area contributed by atoms with Crippen molar-refractivity contribution in [3.8, 4) is 0 Å². The molecule has 0 radical (unpaired) electrons. The Morgan fingerprint density at radius 2 is 1.67 bits per heavy atom. The molecule has 130 valence electrons. The van der Waals surface area contributed by atoms with Gasteiger partial charge in [-0.3, -0.25) is 0 Å². The number of rotatable bonds is 10. The summed E-state index contributed by atoms with van der Waals surface area (Å²) in [5.74, 6) is 0. The average Bonchev–Trinajstić information content (AvgIpc) is 2.57. The molecule has 0 aliphatic carbocycles. The predicted molar refractivity (Wildman–Crippen MR) is 107 cm³/mol. The summed E-state index contributed by atoms with van der Waals surface area (Å²) in [6.45, 7) is 5.34. The molecule has 0 aromatic heterocycles. The van der Waals surface area contributed by atoms with Gasteiger partial charge in [-0.15, -0.1) is 0 Å². The van der Waals surface area contributed by atoms with E-state index in [0.717, 1.165) is 13.1 Å². The molecule has 0 aliphatic rings. The van der Waals surface area contributed by atoms with E-state index in [1.807, 2.05) is 30.5 Å². The molecular weight excluding hydrogens is 294 g/mol. The summed E-state index contributed by atoms with van der Waals surface area (Å²) in [5, 5.41) is 0. The maximum absolute atomic E-state index is 3.13. The molecule has 1 aromatic carbocycles. The Hall–Kier alpha value is -2.13. The molecule has 0 fully saturated rings. The van der Waals surface area contributed by atoms with Crippen LogP contribution in [0.1, 0.15) is 18.9 Å². The summed E-state index contributed by atoms with van der Waals surface area (Å²) in [6.07, 6.45) is 15.4. The van der Waals surface area contributed by atoms with Gasteiger partial charge in [0.05, 0.1) is 20.6 Å². The van der Waals surface area contributed by atoms with Crippen LogP contribution < -0.4 is 14.8 Å². The lowest BCUT2D eigenvalue weighted by atomic mass is 10.2. The Balaban J connectivity index is 2.43. The van der Waals surface area contributed by atoms with E-state index in [0.29, 0.717) is 0 Å². The molecular formula is C21H33N3+2. The average molecular weight is 328 g/mol. The molecule has 0 saturated carbocycles. The molecule has 0 atom stereocenters. The quantitative estimate of drug-likeness (QED) is 0.485. The number of quaternary nitrogens is 1. The van der Waals surface area contributed by atoms with Crippen molar-refractivity contribution in [1.82, 2.24) is 0 Å². The van der Waals surface area contributed by atoms with Gasteiger partial charge in [-0.2, -0.15) is 0 Å².